The fourth-order valence-corrected chi connectivity index (χ4v) is 1.82. The van der Waals surface area contributed by atoms with Crippen LogP contribution in [-0.2, 0) is 4.79 Å². The van der Waals surface area contributed by atoms with Gasteiger partial charge in [0.05, 0.1) is 13.3 Å². The van der Waals surface area contributed by atoms with Crippen molar-refractivity contribution in [3.63, 3.8) is 0 Å². The van der Waals surface area contributed by atoms with Gasteiger partial charge in [-0.25, -0.2) is 4.98 Å². The minimum absolute atomic E-state index is 0.140. The molecule has 126 valence electrons. The third-order valence-corrected chi connectivity index (χ3v) is 2.96. The van der Waals surface area contributed by atoms with Gasteiger partial charge >= 0.3 is 0 Å². The molecular formula is C16H18N4O4. The number of nitrogens with one attached hydrogen (secondary N) is 2. The number of carbonyl (C=O) groups excluding carboxylic acids is 2. The van der Waals surface area contributed by atoms with Crippen molar-refractivity contribution >= 4 is 11.8 Å². The van der Waals surface area contributed by atoms with Crippen molar-refractivity contribution < 1.29 is 19.1 Å². The molecule has 2 amide bonds. The van der Waals surface area contributed by atoms with Crippen LogP contribution in [0.2, 0.25) is 0 Å². The van der Waals surface area contributed by atoms with Crippen molar-refractivity contribution in [3.05, 3.63) is 48.5 Å². The average Bonchev–Trinajstić information content (AvgIpc) is 2.64. The highest BCUT2D eigenvalue weighted by Gasteiger charge is 2.08. The Kier molecular flexibility index (Phi) is 6.51. The van der Waals surface area contributed by atoms with Gasteiger partial charge in [0.15, 0.2) is 18.1 Å². The summed E-state index contributed by atoms with van der Waals surface area (Å²) >= 11 is 0. The second-order valence-corrected chi connectivity index (χ2v) is 4.64. The summed E-state index contributed by atoms with van der Waals surface area (Å²) in [7, 11) is 1.53. The lowest BCUT2D eigenvalue weighted by Crippen LogP contribution is -2.37. The lowest BCUT2D eigenvalue weighted by atomic mass is 10.3. The molecule has 0 spiro atoms. The zero-order chi connectivity index (χ0) is 17.2. The van der Waals surface area contributed by atoms with E-state index in [9.17, 15) is 9.59 Å². The minimum atomic E-state index is -0.345. The molecule has 0 aliphatic carbocycles. The third kappa shape index (κ3) is 5.24. The highest BCUT2D eigenvalue weighted by molar-refractivity contribution is 5.91. The summed E-state index contributed by atoms with van der Waals surface area (Å²) in [6.07, 6.45) is 4.29. The van der Waals surface area contributed by atoms with Crippen LogP contribution >= 0.6 is 0 Å². The van der Waals surface area contributed by atoms with Gasteiger partial charge in [-0.15, -0.1) is 0 Å². The first-order valence-electron chi connectivity index (χ1n) is 7.27. The number of ether oxygens (including phenoxy) is 2. The fourth-order valence-electron chi connectivity index (χ4n) is 1.82. The molecule has 8 nitrogen and oxygen atoms in total. The molecule has 0 radical (unpaired) electrons. The summed E-state index contributed by atoms with van der Waals surface area (Å²) in [6.45, 7) is 0.411. The molecule has 0 bridgehead atoms. The van der Waals surface area contributed by atoms with Crippen LogP contribution in [0, 0.1) is 0 Å². The second kappa shape index (κ2) is 9.09. The molecular weight excluding hydrogens is 312 g/mol. The molecule has 1 heterocycles. The van der Waals surface area contributed by atoms with Crippen LogP contribution in [0.25, 0.3) is 0 Å². The van der Waals surface area contributed by atoms with Crippen LogP contribution < -0.4 is 20.1 Å². The van der Waals surface area contributed by atoms with Crippen molar-refractivity contribution in [2.75, 3.05) is 26.8 Å². The molecule has 24 heavy (non-hydrogen) atoms. The van der Waals surface area contributed by atoms with E-state index in [1.165, 1.54) is 25.7 Å². The number of hydrogen-bond donors (Lipinski definition) is 2. The first kappa shape index (κ1) is 17.2. The Morgan fingerprint density at radius 3 is 2.54 bits per heavy atom. The molecule has 0 aliphatic heterocycles. The monoisotopic (exact) mass is 330 g/mol. The first-order valence-corrected chi connectivity index (χ1v) is 7.27. The number of amides is 2. The van der Waals surface area contributed by atoms with Crippen LogP contribution in [0.4, 0.5) is 0 Å². The van der Waals surface area contributed by atoms with Gasteiger partial charge in [0.1, 0.15) is 5.69 Å². The number of rotatable bonds is 8. The Hall–Kier alpha value is -3.16. The van der Waals surface area contributed by atoms with Gasteiger partial charge in [0.25, 0.3) is 11.8 Å². The Labute approximate surface area is 139 Å². The van der Waals surface area contributed by atoms with Crippen molar-refractivity contribution in [1.82, 2.24) is 20.6 Å². The Bertz CT molecular complexity index is 679. The Morgan fingerprint density at radius 1 is 1.08 bits per heavy atom. The summed E-state index contributed by atoms with van der Waals surface area (Å²) < 4.78 is 10.5. The maximum absolute atomic E-state index is 11.7. The molecule has 2 rings (SSSR count). The largest absolute Gasteiger partial charge is 0.493 e. The van der Waals surface area contributed by atoms with Gasteiger partial charge in [-0.3, -0.25) is 14.6 Å². The van der Waals surface area contributed by atoms with Crippen LogP contribution in [0.1, 0.15) is 10.5 Å². The highest BCUT2D eigenvalue weighted by atomic mass is 16.5. The first-order chi connectivity index (χ1) is 11.7. The number of methoxy groups -OCH3 is 1. The lowest BCUT2D eigenvalue weighted by molar-refractivity contribution is -0.123. The van der Waals surface area contributed by atoms with Crippen LogP contribution in [-0.4, -0.2) is 48.6 Å². The van der Waals surface area contributed by atoms with Crippen LogP contribution in [0.3, 0.4) is 0 Å². The van der Waals surface area contributed by atoms with E-state index in [-0.39, 0.29) is 37.2 Å². The molecule has 0 atom stereocenters. The van der Waals surface area contributed by atoms with Gasteiger partial charge in [0, 0.05) is 25.5 Å². The summed E-state index contributed by atoms with van der Waals surface area (Å²) in [5.41, 5.74) is 0.225. The third-order valence-electron chi connectivity index (χ3n) is 2.96. The number of carbonyl (C=O) groups is 2. The zero-order valence-electron chi connectivity index (χ0n) is 13.2. The molecule has 2 N–H and O–H groups in total. The number of hydrogen-bond acceptors (Lipinski definition) is 6. The van der Waals surface area contributed by atoms with E-state index in [2.05, 4.69) is 20.6 Å². The molecule has 0 saturated heterocycles. The van der Waals surface area contributed by atoms with Crippen LogP contribution in [0.5, 0.6) is 11.5 Å². The van der Waals surface area contributed by atoms with E-state index in [0.717, 1.165) is 0 Å². The van der Waals surface area contributed by atoms with E-state index < -0.39 is 0 Å². The Balaban J connectivity index is 1.66. The minimum Gasteiger partial charge on any atom is -0.493 e. The standard InChI is InChI=1S/C16H18N4O4/c1-23-13-4-2-3-5-14(13)24-11-15(21)19-8-9-20-16(22)12-10-17-6-7-18-12/h2-7,10H,8-9,11H2,1H3,(H,19,21)(H,20,22). The van der Waals surface area contributed by atoms with Crippen molar-refractivity contribution in [2.45, 2.75) is 0 Å². The van der Waals surface area contributed by atoms with Crippen LogP contribution in [0.15, 0.2) is 42.9 Å². The SMILES string of the molecule is COc1ccccc1OCC(=O)NCCNC(=O)c1cnccn1. The van der Waals surface area contributed by atoms with E-state index >= 15 is 0 Å². The Morgan fingerprint density at radius 2 is 1.83 bits per heavy atom. The van der Waals surface area contributed by atoms with E-state index in [4.69, 9.17) is 9.47 Å². The van der Waals surface area contributed by atoms with E-state index in [1.54, 1.807) is 18.2 Å². The number of benzene rings is 1. The molecule has 0 aliphatic rings. The summed E-state index contributed by atoms with van der Waals surface area (Å²) in [6, 6.07) is 7.06. The van der Waals surface area contributed by atoms with Gasteiger partial charge in [0.2, 0.25) is 0 Å². The van der Waals surface area contributed by atoms with Crippen molar-refractivity contribution in [2.24, 2.45) is 0 Å². The van der Waals surface area contributed by atoms with Crippen molar-refractivity contribution in [1.29, 1.82) is 0 Å². The molecule has 8 heteroatoms. The lowest BCUT2D eigenvalue weighted by Gasteiger charge is -2.10. The number of para-hydroxylation sites is 2. The maximum Gasteiger partial charge on any atom is 0.271 e. The number of aromatic nitrogens is 2. The predicted molar refractivity (Wildman–Crippen MR) is 85.9 cm³/mol. The predicted octanol–water partition coefficient (Wildman–Crippen LogP) is 0.410. The molecule has 2 aromatic rings. The summed E-state index contributed by atoms with van der Waals surface area (Å²) in [4.78, 5) is 31.1. The molecule has 1 aromatic carbocycles. The average molecular weight is 330 g/mol. The fraction of sp³-hybridized carbons (Fsp3) is 0.250. The van der Waals surface area contributed by atoms with E-state index in [1.807, 2.05) is 6.07 Å². The van der Waals surface area contributed by atoms with Crippen molar-refractivity contribution in [3.8, 4) is 11.5 Å². The smallest absolute Gasteiger partial charge is 0.271 e. The molecule has 0 fully saturated rings. The van der Waals surface area contributed by atoms with Gasteiger partial charge in [-0.2, -0.15) is 0 Å². The zero-order valence-corrected chi connectivity index (χ0v) is 13.2. The molecule has 0 unspecified atom stereocenters. The van der Waals surface area contributed by atoms with Gasteiger partial charge in [-0.05, 0) is 12.1 Å². The normalized spacial score (nSPS) is 9.88. The second-order valence-electron chi connectivity index (χ2n) is 4.64. The summed E-state index contributed by atoms with van der Waals surface area (Å²) in [5, 5.41) is 5.27. The molecule has 1 aromatic heterocycles. The van der Waals surface area contributed by atoms with Gasteiger partial charge < -0.3 is 20.1 Å². The molecule has 0 saturated carbocycles. The van der Waals surface area contributed by atoms with E-state index in [0.29, 0.717) is 11.5 Å². The highest BCUT2D eigenvalue weighted by Crippen LogP contribution is 2.25. The summed E-state index contributed by atoms with van der Waals surface area (Å²) in [5.74, 6) is 0.407. The van der Waals surface area contributed by atoms with Gasteiger partial charge in [-0.1, -0.05) is 12.1 Å². The topological polar surface area (TPSA) is 102 Å². The maximum atomic E-state index is 11.7. The quantitative estimate of drug-likeness (QED) is 0.680. The number of nitrogens with zero attached hydrogens (tertiary/aromatic N) is 2.